The molecule has 94 valence electrons. The van der Waals surface area contributed by atoms with Gasteiger partial charge in [-0.2, -0.15) is 5.10 Å². The minimum Gasteiger partial charge on any atom is -0.367 e. The summed E-state index contributed by atoms with van der Waals surface area (Å²) in [5, 5.41) is 10.7. The van der Waals surface area contributed by atoms with Crippen LogP contribution in [-0.2, 0) is 12.8 Å². The van der Waals surface area contributed by atoms with Crippen LogP contribution in [0.4, 0.5) is 5.82 Å². The van der Waals surface area contributed by atoms with Gasteiger partial charge in [0.05, 0.1) is 6.20 Å². The monoisotopic (exact) mass is 243 g/mol. The number of aromatic nitrogens is 4. The van der Waals surface area contributed by atoms with Gasteiger partial charge in [0.25, 0.3) is 0 Å². The van der Waals surface area contributed by atoms with Crippen LogP contribution < -0.4 is 5.32 Å². The summed E-state index contributed by atoms with van der Waals surface area (Å²) in [4.78, 5) is 8.66. The molecule has 1 atom stereocenters. The van der Waals surface area contributed by atoms with Crippen LogP contribution in [0.1, 0.15) is 29.1 Å². The summed E-state index contributed by atoms with van der Waals surface area (Å²) in [5.74, 6) is 1.77. The van der Waals surface area contributed by atoms with E-state index in [1.54, 1.807) is 0 Å². The van der Waals surface area contributed by atoms with Crippen molar-refractivity contribution < 1.29 is 0 Å². The third-order valence-electron chi connectivity index (χ3n) is 3.45. The van der Waals surface area contributed by atoms with Crippen molar-refractivity contribution >= 4 is 5.82 Å². The first-order valence-electron chi connectivity index (χ1n) is 6.30. The first-order chi connectivity index (χ1) is 8.72. The predicted molar refractivity (Wildman–Crippen MR) is 69.5 cm³/mol. The second kappa shape index (κ2) is 4.40. The molecule has 0 fully saturated rings. The Hall–Kier alpha value is -1.91. The van der Waals surface area contributed by atoms with E-state index in [0.717, 1.165) is 36.5 Å². The van der Waals surface area contributed by atoms with Crippen molar-refractivity contribution in [3.05, 3.63) is 35.0 Å². The molecule has 2 heterocycles. The summed E-state index contributed by atoms with van der Waals surface area (Å²) >= 11 is 0. The zero-order valence-electron chi connectivity index (χ0n) is 10.7. The number of hydrogen-bond donors (Lipinski definition) is 2. The molecule has 0 saturated carbocycles. The fraction of sp³-hybridized carbons (Fsp3) is 0.462. The molecule has 0 aliphatic heterocycles. The van der Waals surface area contributed by atoms with Gasteiger partial charge in [0.1, 0.15) is 11.6 Å². The van der Waals surface area contributed by atoms with Crippen LogP contribution >= 0.6 is 0 Å². The Morgan fingerprint density at radius 3 is 3.11 bits per heavy atom. The van der Waals surface area contributed by atoms with E-state index in [1.807, 2.05) is 26.2 Å². The molecule has 1 aliphatic carbocycles. The summed E-state index contributed by atoms with van der Waals surface area (Å²) in [6.45, 7) is 3.95. The first-order valence-corrected chi connectivity index (χ1v) is 6.30. The van der Waals surface area contributed by atoms with Crippen LogP contribution in [-0.4, -0.2) is 26.2 Å². The Labute approximate surface area is 106 Å². The Kier molecular flexibility index (Phi) is 2.74. The molecule has 0 unspecified atom stereocenters. The number of rotatable bonds is 2. The Morgan fingerprint density at radius 2 is 2.22 bits per heavy atom. The van der Waals surface area contributed by atoms with Crippen molar-refractivity contribution in [3.8, 4) is 0 Å². The molecule has 2 aromatic heterocycles. The molecule has 3 rings (SSSR count). The molecule has 0 saturated heterocycles. The van der Waals surface area contributed by atoms with E-state index in [-0.39, 0.29) is 0 Å². The third-order valence-corrected chi connectivity index (χ3v) is 3.45. The zero-order valence-corrected chi connectivity index (χ0v) is 10.7. The number of anilines is 1. The minimum absolute atomic E-state index is 0.433. The van der Waals surface area contributed by atoms with Gasteiger partial charge >= 0.3 is 0 Å². The summed E-state index contributed by atoms with van der Waals surface area (Å²) in [5.41, 5.74) is 3.70. The number of nitrogens with one attached hydrogen (secondary N) is 2. The summed E-state index contributed by atoms with van der Waals surface area (Å²) < 4.78 is 0. The molecule has 2 aromatic rings. The number of nitrogens with zero attached hydrogens (tertiary/aromatic N) is 3. The molecule has 0 bridgehead atoms. The van der Waals surface area contributed by atoms with Crippen molar-refractivity contribution in [2.24, 2.45) is 0 Å². The maximum Gasteiger partial charge on any atom is 0.132 e. The molecular formula is C13H17N5. The zero-order chi connectivity index (χ0) is 12.5. The van der Waals surface area contributed by atoms with Gasteiger partial charge in [-0.3, -0.25) is 5.10 Å². The Balaban J connectivity index is 1.76. The van der Waals surface area contributed by atoms with E-state index in [9.17, 15) is 0 Å². The van der Waals surface area contributed by atoms with Crippen LogP contribution in [0.5, 0.6) is 0 Å². The number of aryl methyl sites for hydroxylation is 3. The molecule has 5 nitrogen and oxygen atoms in total. The van der Waals surface area contributed by atoms with Gasteiger partial charge in [-0.1, -0.05) is 0 Å². The van der Waals surface area contributed by atoms with E-state index >= 15 is 0 Å². The van der Waals surface area contributed by atoms with Crippen LogP contribution in [0.2, 0.25) is 0 Å². The number of H-pyrrole nitrogens is 1. The van der Waals surface area contributed by atoms with Crippen molar-refractivity contribution in [2.75, 3.05) is 5.32 Å². The van der Waals surface area contributed by atoms with Gasteiger partial charge in [-0.25, -0.2) is 9.97 Å². The first kappa shape index (κ1) is 11.2. The van der Waals surface area contributed by atoms with Crippen molar-refractivity contribution in [2.45, 2.75) is 39.2 Å². The number of fused-ring (bicyclic) bond motifs is 1. The highest BCUT2D eigenvalue weighted by Gasteiger charge is 2.20. The van der Waals surface area contributed by atoms with E-state index in [4.69, 9.17) is 0 Å². The van der Waals surface area contributed by atoms with Gasteiger partial charge in [0.15, 0.2) is 0 Å². The Morgan fingerprint density at radius 1 is 1.33 bits per heavy atom. The fourth-order valence-electron chi connectivity index (χ4n) is 2.41. The molecule has 0 radical (unpaired) electrons. The minimum atomic E-state index is 0.433. The molecule has 18 heavy (non-hydrogen) atoms. The summed E-state index contributed by atoms with van der Waals surface area (Å²) in [7, 11) is 0. The molecular weight excluding hydrogens is 226 g/mol. The molecule has 2 N–H and O–H groups in total. The van der Waals surface area contributed by atoms with Crippen LogP contribution in [0.3, 0.4) is 0 Å². The molecule has 0 spiro atoms. The van der Waals surface area contributed by atoms with Gasteiger partial charge < -0.3 is 5.32 Å². The smallest absolute Gasteiger partial charge is 0.132 e. The van der Waals surface area contributed by atoms with Gasteiger partial charge in [-0.15, -0.1) is 0 Å². The van der Waals surface area contributed by atoms with E-state index in [0.29, 0.717) is 6.04 Å². The average molecular weight is 243 g/mol. The van der Waals surface area contributed by atoms with E-state index in [1.165, 1.54) is 11.3 Å². The van der Waals surface area contributed by atoms with E-state index in [2.05, 4.69) is 25.5 Å². The normalized spacial score (nSPS) is 18.4. The number of hydrogen-bond acceptors (Lipinski definition) is 4. The van der Waals surface area contributed by atoms with Crippen LogP contribution in [0.25, 0.3) is 0 Å². The SMILES string of the molecule is Cc1ncc(C)c(N[C@H]2CCc3[nH]ncc3C2)n1. The maximum atomic E-state index is 4.46. The van der Waals surface area contributed by atoms with Crippen molar-refractivity contribution in [1.82, 2.24) is 20.2 Å². The largest absolute Gasteiger partial charge is 0.367 e. The standard InChI is InChI=1S/C13H17N5/c1-8-6-14-9(2)16-13(8)17-11-3-4-12-10(5-11)7-15-18-12/h6-7,11H,3-5H2,1-2H3,(H,15,18)(H,14,16,17)/t11-/m0/s1. The number of aromatic amines is 1. The highest BCUT2D eigenvalue weighted by molar-refractivity contribution is 5.43. The van der Waals surface area contributed by atoms with Gasteiger partial charge in [0, 0.05) is 23.5 Å². The lowest BCUT2D eigenvalue weighted by Crippen LogP contribution is -2.28. The second-order valence-corrected chi connectivity index (χ2v) is 4.91. The fourth-order valence-corrected chi connectivity index (χ4v) is 2.41. The highest BCUT2D eigenvalue weighted by Crippen LogP contribution is 2.22. The molecule has 5 heteroatoms. The quantitative estimate of drug-likeness (QED) is 0.844. The lowest BCUT2D eigenvalue weighted by atomic mass is 9.93. The van der Waals surface area contributed by atoms with Crippen molar-refractivity contribution in [3.63, 3.8) is 0 Å². The van der Waals surface area contributed by atoms with Gasteiger partial charge in [-0.05, 0) is 38.7 Å². The van der Waals surface area contributed by atoms with Crippen LogP contribution in [0.15, 0.2) is 12.4 Å². The predicted octanol–water partition coefficient (Wildman–Crippen LogP) is 1.79. The summed E-state index contributed by atoms with van der Waals surface area (Å²) in [6.07, 6.45) is 6.97. The molecule has 1 aliphatic rings. The van der Waals surface area contributed by atoms with Gasteiger partial charge in [0.2, 0.25) is 0 Å². The molecule has 0 aromatic carbocycles. The lowest BCUT2D eigenvalue weighted by molar-refractivity contribution is 0.601. The third kappa shape index (κ3) is 2.08. The second-order valence-electron chi connectivity index (χ2n) is 4.91. The van der Waals surface area contributed by atoms with Crippen LogP contribution in [0, 0.1) is 13.8 Å². The lowest BCUT2D eigenvalue weighted by Gasteiger charge is -2.24. The molecule has 0 amide bonds. The highest BCUT2D eigenvalue weighted by atomic mass is 15.1. The summed E-state index contributed by atoms with van der Waals surface area (Å²) in [6, 6.07) is 0.433. The maximum absolute atomic E-state index is 4.46. The Bertz CT molecular complexity index is 560. The average Bonchev–Trinajstić information content (AvgIpc) is 2.81. The van der Waals surface area contributed by atoms with Crippen molar-refractivity contribution in [1.29, 1.82) is 0 Å². The topological polar surface area (TPSA) is 66.5 Å². The van der Waals surface area contributed by atoms with E-state index < -0.39 is 0 Å².